The Morgan fingerprint density at radius 1 is 1.33 bits per heavy atom. The SMILES string of the molecule is COCC(=O)N1CCC(c2cc(-c3ccnn3C)nc(C)n2)CC1. The number of rotatable bonds is 4. The minimum absolute atomic E-state index is 0.0605. The van der Waals surface area contributed by atoms with E-state index in [1.165, 1.54) is 0 Å². The van der Waals surface area contributed by atoms with E-state index in [1.54, 1.807) is 13.3 Å². The maximum absolute atomic E-state index is 11.9. The standard InChI is InChI=1S/C17H23N5O2/c1-12-19-14(10-15(20-12)16-4-7-18-21(16)2)13-5-8-22(9-6-13)17(23)11-24-3/h4,7,10,13H,5-6,8-9,11H2,1-3H3. The largest absolute Gasteiger partial charge is 0.375 e. The summed E-state index contributed by atoms with van der Waals surface area (Å²) in [6.07, 6.45) is 3.60. The number of piperidine rings is 1. The van der Waals surface area contributed by atoms with Gasteiger partial charge in [-0.15, -0.1) is 0 Å². The van der Waals surface area contributed by atoms with Gasteiger partial charge < -0.3 is 9.64 Å². The lowest BCUT2D eigenvalue weighted by molar-refractivity contribution is -0.136. The van der Waals surface area contributed by atoms with Crippen LogP contribution in [-0.4, -0.2) is 57.4 Å². The number of hydrogen-bond donors (Lipinski definition) is 0. The molecule has 0 unspecified atom stereocenters. The molecule has 7 nitrogen and oxygen atoms in total. The predicted octanol–water partition coefficient (Wildman–Crippen LogP) is 1.54. The molecule has 0 spiro atoms. The molecule has 1 amide bonds. The number of aromatic nitrogens is 4. The third-order valence-corrected chi connectivity index (χ3v) is 4.47. The highest BCUT2D eigenvalue weighted by molar-refractivity contribution is 5.77. The Bertz CT molecular complexity index is 720. The fourth-order valence-electron chi connectivity index (χ4n) is 3.20. The molecule has 128 valence electrons. The van der Waals surface area contributed by atoms with Crippen molar-refractivity contribution in [2.45, 2.75) is 25.7 Å². The number of carbonyl (C=O) groups excluding carboxylic acids is 1. The first-order valence-electron chi connectivity index (χ1n) is 8.19. The molecule has 0 saturated carbocycles. The molecule has 7 heteroatoms. The number of carbonyl (C=O) groups is 1. The molecule has 1 aliphatic heterocycles. The molecule has 24 heavy (non-hydrogen) atoms. The number of likely N-dealkylation sites (tertiary alicyclic amines) is 1. The first kappa shape index (κ1) is 16.6. The summed E-state index contributed by atoms with van der Waals surface area (Å²) < 4.78 is 6.75. The van der Waals surface area contributed by atoms with Crippen LogP contribution >= 0.6 is 0 Å². The first-order chi connectivity index (χ1) is 11.6. The minimum atomic E-state index is 0.0605. The molecule has 0 N–H and O–H groups in total. The number of methoxy groups -OCH3 is 1. The number of hydrogen-bond acceptors (Lipinski definition) is 5. The van der Waals surface area contributed by atoms with Crippen molar-refractivity contribution in [1.29, 1.82) is 0 Å². The van der Waals surface area contributed by atoms with Crippen molar-refractivity contribution in [2.24, 2.45) is 7.05 Å². The maximum Gasteiger partial charge on any atom is 0.248 e. The van der Waals surface area contributed by atoms with Crippen molar-refractivity contribution in [2.75, 3.05) is 26.8 Å². The Morgan fingerprint density at radius 2 is 2.08 bits per heavy atom. The van der Waals surface area contributed by atoms with Crippen LogP contribution in [0.25, 0.3) is 11.4 Å². The molecule has 0 radical (unpaired) electrons. The van der Waals surface area contributed by atoms with Gasteiger partial charge in [-0.3, -0.25) is 9.48 Å². The van der Waals surface area contributed by atoms with Gasteiger partial charge in [-0.2, -0.15) is 5.10 Å². The molecular formula is C17H23N5O2. The van der Waals surface area contributed by atoms with Crippen LogP contribution in [0.15, 0.2) is 18.3 Å². The van der Waals surface area contributed by atoms with E-state index in [1.807, 2.05) is 29.6 Å². The molecule has 1 fully saturated rings. The Kier molecular flexibility index (Phi) is 4.89. The summed E-state index contributed by atoms with van der Waals surface area (Å²) in [5, 5.41) is 4.21. The van der Waals surface area contributed by atoms with Crippen molar-refractivity contribution in [1.82, 2.24) is 24.6 Å². The monoisotopic (exact) mass is 329 g/mol. The fraction of sp³-hybridized carbons (Fsp3) is 0.529. The van der Waals surface area contributed by atoms with Gasteiger partial charge in [0.2, 0.25) is 5.91 Å². The average molecular weight is 329 g/mol. The van der Waals surface area contributed by atoms with E-state index in [9.17, 15) is 4.79 Å². The summed E-state index contributed by atoms with van der Waals surface area (Å²) in [5.41, 5.74) is 2.93. The van der Waals surface area contributed by atoms with E-state index in [0.29, 0.717) is 5.92 Å². The fourth-order valence-corrected chi connectivity index (χ4v) is 3.20. The van der Waals surface area contributed by atoms with Gasteiger partial charge in [0.25, 0.3) is 0 Å². The number of ether oxygens (including phenoxy) is 1. The second kappa shape index (κ2) is 7.09. The van der Waals surface area contributed by atoms with Gasteiger partial charge in [0.05, 0.1) is 11.4 Å². The molecule has 3 rings (SSSR count). The van der Waals surface area contributed by atoms with E-state index in [2.05, 4.69) is 21.1 Å². The predicted molar refractivity (Wildman–Crippen MR) is 89.4 cm³/mol. The summed E-state index contributed by atoms with van der Waals surface area (Å²) in [6, 6.07) is 4.01. The highest BCUT2D eigenvalue weighted by Crippen LogP contribution is 2.29. The van der Waals surface area contributed by atoms with Crippen LogP contribution in [0.2, 0.25) is 0 Å². The molecule has 1 saturated heterocycles. The van der Waals surface area contributed by atoms with Crippen LogP contribution < -0.4 is 0 Å². The summed E-state index contributed by atoms with van der Waals surface area (Å²) >= 11 is 0. The van der Waals surface area contributed by atoms with Gasteiger partial charge >= 0.3 is 0 Å². The number of amides is 1. The molecule has 3 heterocycles. The van der Waals surface area contributed by atoms with Crippen molar-refractivity contribution < 1.29 is 9.53 Å². The Labute approximate surface area is 141 Å². The highest BCUT2D eigenvalue weighted by atomic mass is 16.5. The van der Waals surface area contributed by atoms with Crippen molar-refractivity contribution >= 4 is 5.91 Å². The van der Waals surface area contributed by atoms with Crippen LogP contribution in [0.3, 0.4) is 0 Å². The average Bonchev–Trinajstić information content (AvgIpc) is 3.01. The van der Waals surface area contributed by atoms with Gasteiger partial charge in [-0.25, -0.2) is 9.97 Å². The van der Waals surface area contributed by atoms with Crippen molar-refractivity contribution in [3.05, 3.63) is 29.8 Å². The molecule has 2 aromatic rings. The minimum Gasteiger partial charge on any atom is -0.375 e. The normalized spacial score (nSPS) is 15.7. The van der Waals surface area contributed by atoms with Gasteiger partial charge in [-0.1, -0.05) is 0 Å². The zero-order chi connectivity index (χ0) is 17.1. The second-order valence-electron chi connectivity index (χ2n) is 6.15. The highest BCUT2D eigenvalue weighted by Gasteiger charge is 2.25. The van der Waals surface area contributed by atoms with Crippen LogP contribution in [0, 0.1) is 6.92 Å². The smallest absolute Gasteiger partial charge is 0.248 e. The van der Waals surface area contributed by atoms with Crippen molar-refractivity contribution in [3.63, 3.8) is 0 Å². The molecule has 2 aromatic heterocycles. The second-order valence-corrected chi connectivity index (χ2v) is 6.15. The summed E-state index contributed by atoms with van der Waals surface area (Å²) in [6.45, 7) is 3.57. The van der Waals surface area contributed by atoms with E-state index < -0.39 is 0 Å². The Balaban J connectivity index is 1.75. The molecule has 0 aliphatic carbocycles. The lowest BCUT2D eigenvalue weighted by atomic mass is 9.92. The zero-order valence-corrected chi connectivity index (χ0v) is 14.4. The van der Waals surface area contributed by atoms with E-state index in [4.69, 9.17) is 4.74 Å². The van der Waals surface area contributed by atoms with Gasteiger partial charge in [0.1, 0.15) is 12.4 Å². The quantitative estimate of drug-likeness (QED) is 0.851. The van der Waals surface area contributed by atoms with Crippen LogP contribution in [0.1, 0.15) is 30.3 Å². The lowest BCUT2D eigenvalue weighted by Gasteiger charge is -2.31. The first-order valence-corrected chi connectivity index (χ1v) is 8.19. The van der Waals surface area contributed by atoms with Gasteiger partial charge in [0, 0.05) is 45.1 Å². The Morgan fingerprint density at radius 3 is 2.71 bits per heavy atom. The Hall–Kier alpha value is -2.28. The molecule has 0 atom stereocenters. The lowest BCUT2D eigenvalue weighted by Crippen LogP contribution is -2.39. The molecule has 1 aliphatic rings. The summed E-state index contributed by atoms with van der Waals surface area (Å²) in [4.78, 5) is 23.0. The number of aryl methyl sites for hydroxylation is 2. The molecule has 0 aromatic carbocycles. The topological polar surface area (TPSA) is 73.1 Å². The molecular weight excluding hydrogens is 306 g/mol. The van der Waals surface area contributed by atoms with E-state index >= 15 is 0 Å². The summed E-state index contributed by atoms with van der Waals surface area (Å²) in [5.74, 6) is 1.18. The summed E-state index contributed by atoms with van der Waals surface area (Å²) in [7, 11) is 3.46. The maximum atomic E-state index is 11.9. The van der Waals surface area contributed by atoms with E-state index in [0.717, 1.165) is 48.8 Å². The van der Waals surface area contributed by atoms with Gasteiger partial charge in [0.15, 0.2) is 0 Å². The van der Waals surface area contributed by atoms with E-state index in [-0.39, 0.29) is 12.5 Å². The zero-order valence-electron chi connectivity index (χ0n) is 14.4. The number of nitrogens with zero attached hydrogens (tertiary/aromatic N) is 5. The molecule has 0 bridgehead atoms. The van der Waals surface area contributed by atoms with Gasteiger partial charge in [-0.05, 0) is 31.9 Å². The van der Waals surface area contributed by atoms with Crippen LogP contribution in [0.5, 0.6) is 0 Å². The third-order valence-electron chi connectivity index (χ3n) is 4.47. The van der Waals surface area contributed by atoms with Crippen LogP contribution in [0.4, 0.5) is 0 Å². The van der Waals surface area contributed by atoms with Crippen LogP contribution in [-0.2, 0) is 16.6 Å². The third kappa shape index (κ3) is 3.46. The van der Waals surface area contributed by atoms with Crippen molar-refractivity contribution in [3.8, 4) is 11.4 Å².